The Bertz CT molecular complexity index is 905. The third-order valence-electron chi connectivity index (χ3n) is 4.42. The summed E-state index contributed by atoms with van der Waals surface area (Å²) < 4.78 is 4.95. The number of hydrogen-bond acceptors (Lipinski definition) is 4. The number of nitrogens with one attached hydrogen (secondary N) is 1. The van der Waals surface area contributed by atoms with Gasteiger partial charge in [0.15, 0.2) is 0 Å². The Balaban J connectivity index is 1.81. The van der Waals surface area contributed by atoms with E-state index in [1.54, 1.807) is 24.3 Å². The monoisotopic (exact) mass is 423 g/mol. The molecule has 0 aliphatic heterocycles. The van der Waals surface area contributed by atoms with Gasteiger partial charge in [0.05, 0.1) is 22.7 Å². The molecule has 2 aromatic rings. The first kappa shape index (κ1) is 19.9. The second-order valence-corrected chi connectivity index (χ2v) is 8.18. The summed E-state index contributed by atoms with van der Waals surface area (Å²) in [5.74, 6) is -0.721. The van der Waals surface area contributed by atoms with E-state index in [0.717, 1.165) is 48.1 Å². The Labute approximate surface area is 172 Å². The Hall–Kier alpha value is -1.82. The summed E-state index contributed by atoms with van der Waals surface area (Å²) in [6, 6.07) is 5.12. The fraction of sp³-hybridized carbons (Fsp3) is 0.300. The number of thiophene rings is 1. The number of ether oxygens (including phenoxy) is 1. The Morgan fingerprint density at radius 1 is 1.15 bits per heavy atom. The maximum absolute atomic E-state index is 12.4. The van der Waals surface area contributed by atoms with Crippen molar-refractivity contribution in [3.63, 3.8) is 0 Å². The first-order chi connectivity index (χ1) is 13.0. The third kappa shape index (κ3) is 4.72. The van der Waals surface area contributed by atoms with Crippen LogP contribution in [0.1, 0.15) is 45.6 Å². The van der Waals surface area contributed by atoms with Gasteiger partial charge in [-0.25, -0.2) is 4.79 Å². The molecule has 0 bridgehead atoms. The lowest BCUT2D eigenvalue weighted by Crippen LogP contribution is -2.12. The third-order valence-corrected chi connectivity index (χ3v) is 6.36. The molecule has 0 saturated carbocycles. The van der Waals surface area contributed by atoms with Crippen LogP contribution in [0.5, 0.6) is 0 Å². The highest BCUT2D eigenvalue weighted by molar-refractivity contribution is 7.17. The standard InChI is InChI=1S/C20H19Cl2NO3S/c1-26-20(25)18-13-5-3-2-4-6-16(13)27-19(18)23-17(24)10-8-12-7-9-14(21)15(22)11-12/h7-11H,2-6H2,1H3,(H,23,24)/b10-8+. The molecule has 0 unspecified atom stereocenters. The molecule has 1 aromatic carbocycles. The molecule has 1 N–H and O–H groups in total. The van der Waals surface area contributed by atoms with Crippen LogP contribution in [0.25, 0.3) is 6.08 Å². The van der Waals surface area contributed by atoms with Crippen molar-refractivity contribution >= 4 is 57.5 Å². The first-order valence-corrected chi connectivity index (χ1v) is 10.2. The molecule has 3 rings (SSSR count). The van der Waals surface area contributed by atoms with Crippen LogP contribution < -0.4 is 5.32 Å². The largest absolute Gasteiger partial charge is 0.465 e. The highest BCUT2D eigenvalue weighted by Crippen LogP contribution is 2.38. The molecule has 142 valence electrons. The number of anilines is 1. The van der Waals surface area contributed by atoms with Gasteiger partial charge in [-0.3, -0.25) is 4.79 Å². The van der Waals surface area contributed by atoms with Crippen LogP contribution in [-0.2, 0) is 22.4 Å². The van der Waals surface area contributed by atoms with Gasteiger partial charge in [-0.05, 0) is 55.0 Å². The van der Waals surface area contributed by atoms with E-state index in [-0.39, 0.29) is 5.91 Å². The van der Waals surface area contributed by atoms with Crippen molar-refractivity contribution in [3.05, 3.63) is 55.9 Å². The second-order valence-electron chi connectivity index (χ2n) is 6.26. The molecular formula is C20H19Cl2NO3S. The minimum Gasteiger partial charge on any atom is -0.465 e. The van der Waals surface area contributed by atoms with Crippen LogP contribution in [0.3, 0.4) is 0 Å². The zero-order valence-electron chi connectivity index (χ0n) is 14.8. The fourth-order valence-electron chi connectivity index (χ4n) is 3.09. The van der Waals surface area contributed by atoms with Crippen molar-refractivity contribution in [2.45, 2.75) is 32.1 Å². The van der Waals surface area contributed by atoms with Gasteiger partial charge < -0.3 is 10.1 Å². The number of esters is 1. The van der Waals surface area contributed by atoms with Gasteiger partial charge in [-0.2, -0.15) is 0 Å². The average molecular weight is 424 g/mol. The molecule has 1 heterocycles. The van der Waals surface area contributed by atoms with Crippen molar-refractivity contribution in [1.82, 2.24) is 0 Å². The number of fused-ring (bicyclic) bond motifs is 1. The number of rotatable bonds is 4. The first-order valence-electron chi connectivity index (χ1n) is 8.66. The van der Waals surface area contributed by atoms with Crippen LogP contribution in [0.2, 0.25) is 10.0 Å². The van der Waals surface area contributed by atoms with Crippen LogP contribution in [0, 0.1) is 0 Å². The van der Waals surface area contributed by atoms with Crippen LogP contribution in [0.4, 0.5) is 5.00 Å². The molecule has 1 aromatic heterocycles. The number of amides is 1. The molecule has 1 amide bonds. The number of methoxy groups -OCH3 is 1. The van der Waals surface area contributed by atoms with E-state index < -0.39 is 5.97 Å². The summed E-state index contributed by atoms with van der Waals surface area (Å²) in [4.78, 5) is 25.8. The zero-order valence-corrected chi connectivity index (χ0v) is 17.1. The average Bonchev–Trinajstić information content (AvgIpc) is 2.82. The lowest BCUT2D eigenvalue weighted by molar-refractivity contribution is -0.111. The van der Waals surface area contributed by atoms with Crippen LogP contribution in [0.15, 0.2) is 24.3 Å². The van der Waals surface area contributed by atoms with Gasteiger partial charge in [-0.15, -0.1) is 11.3 Å². The molecule has 0 saturated heterocycles. The van der Waals surface area contributed by atoms with Crippen LogP contribution in [-0.4, -0.2) is 19.0 Å². The molecule has 1 aliphatic carbocycles. The van der Waals surface area contributed by atoms with E-state index in [4.69, 9.17) is 27.9 Å². The minimum atomic E-state index is -0.404. The summed E-state index contributed by atoms with van der Waals surface area (Å²) in [5.41, 5.74) is 2.28. The molecular weight excluding hydrogens is 405 g/mol. The van der Waals surface area contributed by atoms with Gasteiger partial charge in [0.1, 0.15) is 5.00 Å². The van der Waals surface area contributed by atoms with Gasteiger partial charge in [-0.1, -0.05) is 35.7 Å². The summed E-state index contributed by atoms with van der Waals surface area (Å²) in [7, 11) is 1.36. The normalized spacial score (nSPS) is 13.9. The Kier molecular flexibility index (Phi) is 6.58. The molecule has 1 aliphatic rings. The molecule has 4 nitrogen and oxygen atoms in total. The maximum Gasteiger partial charge on any atom is 0.341 e. The Morgan fingerprint density at radius 2 is 1.93 bits per heavy atom. The van der Waals surface area contributed by atoms with Gasteiger partial charge in [0, 0.05) is 11.0 Å². The van der Waals surface area contributed by atoms with Crippen molar-refractivity contribution in [2.24, 2.45) is 0 Å². The lowest BCUT2D eigenvalue weighted by atomic mass is 10.1. The van der Waals surface area contributed by atoms with E-state index >= 15 is 0 Å². The van der Waals surface area contributed by atoms with Gasteiger partial charge >= 0.3 is 5.97 Å². The molecule has 0 radical (unpaired) electrons. The van der Waals surface area contributed by atoms with Crippen molar-refractivity contribution in [2.75, 3.05) is 12.4 Å². The Morgan fingerprint density at radius 3 is 2.67 bits per heavy atom. The highest BCUT2D eigenvalue weighted by atomic mass is 35.5. The summed E-state index contributed by atoms with van der Waals surface area (Å²) in [5, 5.41) is 4.27. The van der Waals surface area contributed by atoms with Crippen LogP contribution >= 0.6 is 34.5 Å². The molecule has 7 heteroatoms. The molecule has 0 atom stereocenters. The predicted octanol–water partition coefficient (Wildman–Crippen LogP) is 5.76. The number of carbonyl (C=O) groups excluding carboxylic acids is 2. The summed E-state index contributed by atoms with van der Waals surface area (Å²) in [6.45, 7) is 0. The molecule has 0 spiro atoms. The van der Waals surface area contributed by atoms with Gasteiger partial charge in [0.2, 0.25) is 5.91 Å². The summed E-state index contributed by atoms with van der Waals surface area (Å²) in [6.07, 6.45) is 8.11. The number of aryl methyl sites for hydroxylation is 1. The van der Waals surface area contributed by atoms with E-state index in [2.05, 4.69) is 5.32 Å². The van der Waals surface area contributed by atoms with E-state index in [9.17, 15) is 9.59 Å². The number of carbonyl (C=O) groups is 2. The second kappa shape index (κ2) is 8.91. The number of benzene rings is 1. The summed E-state index contributed by atoms with van der Waals surface area (Å²) >= 11 is 13.3. The van der Waals surface area contributed by atoms with E-state index in [1.807, 2.05) is 0 Å². The maximum atomic E-state index is 12.4. The highest BCUT2D eigenvalue weighted by Gasteiger charge is 2.25. The fourth-order valence-corrected chi connectivity index (χ4v) is 4.68. The SMILES string of the molecule is COC(=O)c1c(NC(=O)/C=C/c2ccc(Cl)c(Cl)c2)sc2c1CCCCC2. The number of hydrogen-bond donors (Lipinski definition) is 1. The quantitative estimate of drug-likeness (QED) is 0.386. The van der Waals surface area contributed by atoms with Crippen molar-refractivity contribution in [3.8, 4) is 0 Å². The van der Waals surface area contributed by atoms with E-state index in [1.165, 1.54) is 24.5 Å². The van der Waals surface area contributed by atoms with Gasteiger partial charge in [0.25, 0.3) is 0 Å². The zero-order chi connectivity index (χ0) is 19.4. The smallest absolute Gasteiger partial charge is 0.341 e. The molecule has 0 fully saturated rings. The minimum absolute atomic E-state index is 0.317. The molecule has 27 heavy (non-hydrogen) atoms. The van der Waals surface area contributed by atoms with Crippen molar-refractivity contribution < 1.29 is 14.3 Å². The number of halogens is 2. The van der Waals surface area contributed by atoms with E-state index in [0.29, 0.717) is 20.6 Å². The van der Waals surface area contributed by atoms with Crippen molar-refractivity contribution in [1.29, 1.82) is 0 Å². The topological polar surface area (TPSA) is 55.4 Å². The lowest BCUT2D eigenvalue weighted by Gasteiger charge is -2.06. The predicted molar refractivity (Wildman–Crippen MR) is 111 cm³/mol.